The number of allylic oxidation sites excluding steroid dienone is 3. The number of nitrogens with zero attached hydrogens (tertiary/aromatic N) is 1. The van der Waals surface area contributed by atoms with Gasteiger partial charge in [-0.25, -0.2) is 8.78 Å². The summed E-state index contributed by atoms with van der Waals surface area (Å²) < 4.78 is 68.5. The molecule has 9 heteroatoms. The molecule has 1 saturated carbocycles. The number of alkyl halides is 5. The van der Waals surface area contributed by atoms with E-state index < -0.39 is 41.4 Å². The Kier molecular flexibility index (Phi) is 6.34. The Labute approximate surface area is 164 Å². The van der Waals surface area contributed by atoms with Crippen LogP contribution in [0.15, 0.2) is 58.8 Å². The first-order chi connectivity index (χ1) is 13.8. The van der Waals surface area contributed by atoms with Crippen molar-refractivity contribution in [3.05, 3.63) is 59.2 Å². The molecule has 4 nitrogen and oxygen atoms in total. The number of carbonyl (C=O) groups excluding carboxylic acids is 1. The molecule has 1 aromatic rings. The molecule has 2 aliphatic rings. The molecule has 0 spiro atoms. The minimum atomic E-state index is -4.96. The molecule has 2 aliphatic carbocycles. The summed E-state index contributed by atoms with van der Waals surface area (Å²) in [5.41, 5.74) is -1.89. The normalized spacial score (nSPS) is 22.6. The van der Waals surface area contributed by atoms with Crippen LogP contribution in [0.25, 0.3) is 0 Å². The van der Waals surface area contributed by atoms with Gasteiger partial charge in [0.25, 0.3) is 0 Å². The third-order valence-corrected chi connectivity index (χ3v) is 4.48. The van der Waals surface area contributed by atoms with Gasteiger partial charge in [-0.1, -0.05) is 41.6 Å². The van der Waals surface area contributed by atoms with Crippen molar-refractivity contribution in [3.8, 4) is 0 Å². The van der Waals surface area contributed by atoms with E-state index in [0.717, 1.165) is 12.8 Å². The Balaban J connectivity index is 1.89. The second-order valence-electron chi connectivity index (χ2n) is 6.92. The fraction of sp³-hybridized carbons (Fsp3) is 0.400. The van der Waals surface area contributed by atoms with Crippen molar-refractivity contribution < 1.29 is 31.6 Å². The van der Waals surface area contributed by atoms with Gasteiger partial charge in [0.2, 0.25) is 5.91 Å². The van der Waals surface area contributed by atoms with Crippen LogP contribution >= 0.6 is 0 Å². The van der Waals surface area contributed by atoms with Gasteiger partial charge in [-0.05, 0) is 30.4 Å². The van der Waals surface area contributed by atoms with E-state index in [9.17, 15) is 26.7 Å². The number of hydrogen-bond acceptors (Lipinski definition) is 3. The molecule has 0 aliphatic heterocycles. The molecular formula is C20H19F5N2O2. The van der Waals surface area contributed by atoms with Crippen LogP contribution in [0.1, 0.15) is 18.4 Å². The van der Waals surface area contributed by atoms with Crippen LogP contribution in [0.2, 0.25) is 0 Å². The summed E-state index contributed by atoms with van der Waals surface area (Å²) in [7, 11) is 0. The summed E-state index contributed by atoms with van der Waals surface area (Å²) in [5.74, 6) is -1.27. The highest BCUT2D eigenvalue weighted by molar-refractivity contribution is 6.09. The molecule has 0 saturated heterocycles. The maximum absolute atomic E-state index is 14.5. The number of nitrogens with one attached hydrogen (secondary N) is 1. The summed E-state index contributed by atoms with van der Waals surface area (Å²) in [6.45, 7) is 0.124. The van der Waals surface area contributed by atoms with Gasteiger partial charge in [0, 0.05) is 5.57 Å². The second-order valence-corrected chi connectivity index (χ2v) is 6.92. The van der Waals surface area contributed by atoms with E-state index in [4.69, 9.17) is 4.84 Å². The number of amidine groups is 1. The second kappa shape index (κ2) is 8.75. The van der Waals surface area contributed by atoms with Crippen molar-refractivity contribution >= 4 is 11.7 Å². The molecule has 2 unspecified atom stereocenters. The fourth-order valence-corrected chi connectivity index (χ4v) is 2.78. The van der Waals surface area contributed by atoms with Crippen LogP contribution in [0.5, 0.6) is 0 Å². The number of benzene rings is 1. The number of halogens is 5. The van der Waals surface area contributed by atoms with Gasteiger partial charge in [0.05, 0.1) is 12.0 Å². The third-order valence-electron chi connectivity index (χ3n) is 4.48. The topological polar surface area (TPSA) is 50.7 Å². The molecule has 156 valence electrons. The van der Waals surface area contributed by atoms with Crippen LogP contribution in [0.3, 0.4) is 0 Å². The Hall–Kier alpha value is -2.71. The van der Waals surface area contributed by atoms with E-state index in [2.05, 4.69) is 10.5 Å². The van der Waals surface area contributed by atoms with E-state index in [1.807, 2.05) is 0 Å². The van der Waals surface area contributed by atoms with E-state index in [1.165, 1.54) is 0 Å². The molecule has 2 atom stereocenters. The monoisotopic (exact) mass is 414 g/mol. The predicted octanol–water partition coefficient (Wildman–Crippen LogP) is 4.19. The van der Waals surface area contributed by atoms with Crippen molar-refractivity contribution in [3.63, 3.8) is 0 Å². The summed E-state index contributed by atoms with van der Waals surface area (Å²) in [6, 6.07) is 8.43. The largest absolute Gasteiger partial charge is 0.416 e. The van der Waals surface area contributed by atoms with Crippen LogP contribution < -0.4 is 5.32 Å². The van der Waals surface area contributed by atoms with Crippen molar-refractivity contribution in [2.75, 3.05) is 6.61 Å². The predicted molar refractivity (Wildman–Crippen MR) is 96.4 cm³/mol. The van der Waals surface area contributed by atoms with Gasteiger partial charge in [-0.15, -0.1) is 0 Å². The molecule has 1 amide bonds. The lowest BCUT2D eigenvalue weighted by Gasteiger charge is -2.24. The molecule has 0 aromatic heterocycles. The molecule has 0 bridgehead atoms. The average Bonchev–Trinajstić information content (AvgIpc) is 3.47. The number of oxime groups is 1. The maximum Gasteiger partial charge on any atom is 0.416 e. The third kappa shape index (κ3) is 5.65. The molecule has 29 heavy (non-hydrogen) atoms. The minimum Gasteiger partial charge on any atom is -0.394 e. The summed E-state index contributed by atoms with van der Waals surface area (Å²) >= 11 is 0. The standard InChI is InChI=1S/C20H19F5N2O2/c21-15-9-8-14(20(23,24)25)17(18(15)22)19(27-29-11-13-6-7-13)26-16(28)10-12-4-2-1-3-5-12/h1-5,8-9,13,15,18H,6-7,10-11H2,(H,26,27,28). The Morgan fingerprint density at radius 1 is 1.17 bits per heavy atom. The molecular weight excluding hydrogens is 395 g/mol. The van der Waals surface area contributed by atoms with Gasteiger partial charge in [-0.2, -0.15) is 13.2 Å². The maximum atomic E-state index is 14.5. The fourth-order valence-electron chi connectivity index (χ4n) is 2.78. The zero-order valence-electron chi connectivity index (χ0n) is 15.3. The molecule has 0 heterocycles. The first kappa shape index (κ1) is 21.0. The van der Waals surface area contributed by atoms with E-state index in [1.54, 1.807) is 30.3 Å². The van der Waals surface area contributed by atoms with Gasteiger partial charge in [0.15, 0.2) is 18.2 Å². The molecule has 0 radical (unpaired) electrons. The zero-order valence-corrected chi connectivity index (χ0v) is 15.3. The number of carbonyl (C=O) groups is 1. The Bertz CT molecular complexity index is 829. The Morgan fingerprint density at radius 3 is 2.48 bits per heavy atom. The lowest BCUT2D eigenvalue weighted by Crippen LogP contribution is -2.40. The SMILES string of the molecule is O=C(Cc1ccccc1)N/C(=N\OCC1CC1)C1=C(C(F)(F)F)C=CC(F)C1F. The number of amides is 1. The smallest absolute Gasteiger partial charge is 0.394 e. The first-order valence-electron chi connectivity index (χ1n) is 9.07. The van der Waals surface area contributed by atoms with Crippen molar-refractivity contribution in [2.24, 2.45) is 11.1 Å². The number of rotatable bonds is 6. The first-order valence-corrected chi connectivity index (χ1v) is 9.07. The van der Waals surface area contributed by atoms with E-state index in [0.29, 0.717) is 17.7 Å². The van der Waals surface area contributed by atoms with Crippen LogP contribution in [0, 0.1) is 5.92 Å². The van der Waals surface area contributed by atoms with Crippen molar-refractivity contribution in [2.45, 2.75) is 37.8 Å². The van der Waals surface area contributed by atoms with Gasteiger partial charge in [-0.3, -0.25) is 4.79 Å². The van der Waals surface area contributed by atoms with Crippen molar-refractivity contribution in [1.82, 2.24) is 5.32 Å². The van der Waals surface area contributed by atoms with E-state index in [-0.39, 0.29) is 18.9 Å². The highest BCUT2D eigenvalue weighted by atomic mass is 19.4. The number of hydrogen-bond donors (Lipinski definition) is 1. The van der Waals surface area contributed by atoms with Crippen LogP contribution in [0.4, 0.5) is 22.0 Å². The molecule has 3 rings (SSSR count). The van der Waals surface area contributed by atoms with Crippen LogP contribution in [-0.4, -0.2) is 36.9 Å². The zero-order chi connectivity index (χ0) is 21.0. The minimum absolute atomic E-state index is 0.124. The summed E-state index contributed by atoms with van der Waals surface area (Å²) in [6.07, 6.45) is -7.35. The lowest BCUT2D eigenvalue weighted by molar-refractivity contribution is -0.119. The van der Waals surface area contributed by atoms with Crippen LogP contribution in [-0.2, 0) is 16.1 Å². The Morgan fingerprint density at radius 2 is 1.86 bits per heavy atom. The van der Waals surface area contributed by atoms with Crippen molar-refractivity contribution in [1.29, 1.82) is 0 Å². The van der Waals surface area contributed by atoms with Gasteiger partial charge in [0.1, 0.15) is 6.61 Å². The highest BCUT2D eigenvalue weighted by Crippen LogP contribution is 2.36. The van der Waals surface area contributed by atoms with Gasteiger partial charge >= 0.3 is 6.18 Å². The molecule has 1 N–H and O–H groups in total. The van der Waals surface area contributed by atoms with E-state index >= 15 is 0 Å². The summed E-state index contributed by atoms with van der Waals surface area (Å²) in [5, 5.41) is 5.71. The average molecular weight is 414 g/mol. The lowest BCUT2D eigenvalue weighted by atomic mass is 9.93. The summed E-state index contributed by atoms with van der Waals surface area (Å²) in [4.78, 5) is 17.4. The molecule has 1 aromatic carbocycles. The molecule has 1 fully saturated rings. The quantitative estimate of drug-likeness (QED) is 0.329. The van der Waals surface area contributed by atoms with Gasteiger partial charge < -0.3 is 10.2 Å². The highest BCUT2D eigenvalue weighted by Gasteiger charge is 2.43.